The van der Waals surface area contributed by atoms with Crippen LogP contribution in [0.5, 0.6) is 0 Å². The molecule has 0 amide bonds. The standard InChI is InChI=1S/C4H4O4.CH2O3.Ca/c5-3(6)1-2-4(7)8;2-1(3)4;/h1-2H,(H,5,6)(H,7,8);(H2,2,3,4);/q;;+2/p-2/b2-1-;;. The van der Waals surface area contributed by atoms with Gasteiger partial charge in [0.25, 0.3) is 0 Å². The summed E-state index contributed by atoms with van der Waals surface area (Å²) in [5.74, 6) is -2.51. The first-order valence-electron chi connectivity index (χ1n) is 2.38. The van der Waals surface area contributed by atoms with E-state index in [0.717, 1.165) is 0 Å². The molecule has 0 saturated heterocycles. The van der Waals surface area contributed by atoms with E-state index in [4.69, 9.17) is 25.2 Å². The molecule has 0 radical (unpaired) electrons. The van der Waals surface area contributed by atoms with Crippen molar-refractivity contribution < 1.29 is 34.8 Å². The van der Waals surface area contributed by atoms with Crippen molar-refractivity contribution in [3.05, 3.63) is 12.2 Å². The maximum Gasteiger partial charge on any atom is 2.00 e. The third-order valence-corrected chi connectivity index (χ3v) is 0.368. The zero-order chi connectivity index (χ0) is 10.1. The van der Waals surface area contributed by atoms with Crippen LogP contribution in [-0.4, -0.2) is 66.0 Å². The van der Waals surface area contributed by atoms with Gasteiger partial charge in [-0.25, -0.2) is 9.59 Å². The van der Waals surface area contributed by atoms with Crippen molar-refractivity contribution >= 4 is 55.8 Å². The SMILES string of the molecule is O=C(O)/C=C\C(=O)O.O=C([O-])[O-].[Ca+2]. The topological polar surface area (TPSA) is 138 Å². The van der Waals surface area contributed by atoms with E-state index in [-0.39, 0.29) is 37.7 Å². The fraction of sp³-hybridized carbons (Fsp3) is 0. The van der Waals surface area contributed by atoms with E-state index in [1.54, 1.807) is 0 Å². The van der Waals surface area contributed by atoms with Crippen molar-refractivity contribution in [1.29, 1.82) is 0 Å². The average molecular weight is 216 g/mol. The Kier molecular flexibility index (Phi) is 15.6. The minimum atomic E-state index is -2.33. The average Bonchev–Trinajstić information content (AvgIpc) is 1.82. The van der Waals surface area contributed by atoms with Crippen LogP contribution in [0, 0.1) is 0 Å². The maximum atomic E-state index is 9.55. The number of aliphatic carboxylic acids is 2. The molecule has 0 fully saturated rings. The van der Waals surface area contributed by atoms with Gasteiger partial charge in [0.2, 0.25) is 0 Å². The summed E-state index contributed by atoms with van der Waals surface area (Å²) in [4.78, 5) is 27.4. The van der Waals surface area contributed by atoms with Gasteiger partial charge in [0.15, 0.2) is 0 Å². The number of hydrogen-bond acceptors (Lipinski definition) is 5. The number of carboxylic acid groups (broad SMARTS) is 4. The van der Waals surface area contributed by atoms with Crippen molar-refractivity contribution in [3.63, 3.8) is 0 Å². The Labute approximate surface area is 102 Å². The van der Waals surface area contributed by atoms with Gasteiger partial charge in [-0.05, 0) is 6.16 Å². The second-order valence-electron chi connectivity index (χ2n) is 1.26. The van der Waals surface area contributed by atoms with Crippen molar-refractivity contribution in [3.8, 4) is 0 Å². The van der Waals surface area contributed by atoms with E-state index in [1.165, 1.54) is 0 Å². The molecule has 0 heterocycles. The van der Waals surface area contributed by atoms with E-state index in [0.29, 0.717) is 12.2 Å². The molecule has 0 bridgehead atoms. The monoisotopic (exact) mass is 216 g/mol. The summed E-state index contributed by atoms with van der Waals surface area (Å²) in [6.45, 7) is 0. The van der Waals surface area contributed by atoms with Gasteiger partial charge >= 0.3 is 49.7 Å². The first kappa shape index (κ1) is 18.1. The molecule has 0 saturated carbocycles. The van der Waals surface area contributed by atoms with Crippen LogP contribution in [0.25, 0.3) is 0 Å². The summed E-state index contributed by atoms with van der Waals surface area (Å²) in [6.07, 6.45) is -1.22. The molecule has 0 aliphatic carbocycles. The Morgan fingerprint density at radius 2 is 1.08 bits per heavy atom. The number of hydrogen-bond donors (Lipinski definition) is 2. The second kappa shape index (κ2) is 11.2. The van der Waals surface area contributed by atoms with Gasteiger partial charge < -0.3 is 25.2 Å². The van der Waals surface area contributed by atoms with E-state index >= 15 is 0 Å². The first-order valence-corrected chi connectivity index (χ1v) is 2.38. The predicted octanol–water partition coefficient (Wildman–Crippen LogP) is -3.12. The van der Waals surface area contributed by atoms with Crippen molar-refractivity contribution in [1.82, 2.24) is 0 Å². The smallest absolute Gasteiger partial charge is 0.652 e. The molecule has 13 heavy (non-hydrogen) atoms. The van der Waals surface area contributed by atoms with Crippen LogP contribution in [0.3, 0.4) is 0 Å². The van der Waals surface area contributed by atoms with Gasteiger partial charge in [0, 0.05) is 12.2 Å². The molecule has 0 aromatic heterocycles. The minimum Gasteiger partial charge on any atom is -0.652 e. The zero-order valence-electron chi connectivity index (χ0n) is 6.30. The van der Waals surface area contributed by atoms with Crippen LogP contribution in [0.2, 0.25) is 0 Å². The Morgan fingerprint density at radius 3 is 1.15 bits per heavy atom. The number of carbonyl (C=O) groups is 3. The van der Waals surface area contributed by atoms with Crippen molar-refractivity contribution in [2.24, 2.45) is 0 Å². The van der Waals surface area contributed by atoms with Crippen LogP contribution in [0.15, 0.2) is 12.2 Å². The largest absolute Gasteiger partial charge is 2.00 e. The molecular formula is C5H4CaO7. The Hall–Kier alpha value is -0.790. The van der Waals surface area contributed by atoms with Crippen molar-refractivity contribution in [2.75, 3.05) is 0 Å². The van der Waals surface area contributed by atoms with E-state index in [1.807, 2.05) is 0 Å². The maximum absolute atomic E-state index is 9.55. The molecule has 8 heteroatoms. The molecule has 7 nitrogen and oxygen atoms in total. The summed E-state index contributed by atoms with van der Waals surface area (Å²) in [5, 5.41) is 32.3. The van der Waals surface area contributed by atoms with Gasteiger partial charge in [-0.2, -0.15) is 0 Å². The molecule has 0 spiro atoms. The third kappa shape index (κ3) is 53.7. The minimum absolute atomic E-state index is 0. The summed E-state index contributed by atoms with van der Waals surface area (Å²) in [6, 6.07) is 0. The molecule has 0 aliphatic rings. The van der Waals surface area contributed by atoms with Gasteiger partial charge in [-0.15, -0.1) is 0 Å². The number of rotatable bonds is 2. The van der Waals surface area contributed by atoms with Crippen LogP contribution in [-0.2, 0) is 9.59 Å². The van der Waals surface area contributed by atoms with Crippen LogP contribution >= 0.6 is 0 Å². The molecule has 68 valence electrons. The van der Waals surface area contributed by atoms with Gasteiger partial charge in [0.1, 0.15) is 0 Å². The Balaban J connectivity index is -0.000000173. The summed E-state index contributed by atoms with van der Waals surface area (Å²) in [5.41, 5.74) is 0. The van der Waals surface area contributed by atoms with Gasteiger partial charge in [-0.3, -0.25) is 0 Å². The molecule has 0 aromatic carbocycles. The zero-order valence-corrected chi connectivity index (χ0v) is 8.51. The molecule has 0 aliphatic heterocycles. The fourth-order valence-corrected chi connectivity index (χ4v) is 0.143. The summed E-state index contributed by atoms with van der Waals surface area (Å²) >= 11 is 0. The summed E-state index contributed by atoms with van der Waals surface area (Å²) in [7, 11) is 0. The molecule has 2 N–H and O–H groups in total. The van der Waals surface area contributed by atoms with Crippen LogP contribution < -0.4 is 10.2 Å². The van der Waals surface area contributed by atoms with Crippen molar-refractivity contribution in [2.45, 2.75) is 0 Å². The Morgan fingerprint density at radius 1 is 0.923 bits per heavy atom. The number of carbonyl (C=O) groups excluding carboxylic acids is 1. The normalized spacial score (nSPS) is 7.69. The quantitative estimate of drug-likeness (QED) is 0.368. The molecule has 0 unspecified atom stereocenters. The van der Waals surface area contributed by atoms with E-state index < -0.39 is 18.1 Å². The summed E-state index contributed by atoms with van der Waals surface area (Å²) < 4.78 is 0. The fourth-order valence-electron chi connectivity index (χ4n) is 0.143. The van der Waals surface area contributed by atoms with E-state index in [9.17, 15) is 9.59 Å². The van der Waals surface area contributed by atoms with E-state index in [2.05, 4.69) is 0 Å². The molecular weight excluding hydrogens is 212 g/mol. The first-order chi connectivity index (χ1) is 5.36. The Bertz CT molecular complexity index is 189. The molecule has 0 rings (SSSR count). The predicted molar refractivity (Wildman–Crippen MR) is 35.6 cm³/mol. The molecule has 0 atom stereocenters. The van der Waals surface area contributed by atoms with Gasteiger partial charge in [-0.1, -0.05) is 0 Å². The van der Waals surface area contributed by atoms with Gasteiger partial charge in [0.05, 0.1) is 0 Å². The molecule has 0 aromatic rings. The van der Waals surface area contributed by atoms with Crippen LogP contribution in [0.1, 0.15) is 0 Å². The third-order valence-electron chi connectivity index (χ3n) is 0.368. The number of carboxylic acids is 2. The second-order valence-corrected chi connectivity index (χ2v) is 1.26. The van der Waals surface area contributed by atoms with Crippen LogP contribution in [0.4, 0.5) is 4.79 Å².